The zero-order valence-electron chi connectivity index (χ0n) is 13.2. The molecule has 0 aromatic rings. The van der Waals surface area contributed by atoms with E-state index in [1.165, 1.54) is 12.8 Å². The molecule has 0 bridgehead atoms. The van der Waals surface area contributed by atoms with Gasteiger partial charge in [-0.25, -0.2) is 0 Å². The van der Waals surface area contributed by atoms with E-state index in [1.54, 1.807) is 7.11 Å². The van der Waals surface area contributed by atoms with Crippen LogP contribution in [-0.2, 0) is 19.0 Å². The van der Waals surface area contributed by atoms with Gasteiger partial charge in [0.05, 0.1) is 12.2 Å². The smallest absolute Gasteiger partial charge is 0.167 e. The molecule has 0 N–H and O–H groups in total. The van der Waals surface area contributed by atoms with Crippen molar-refractivity contribution >= 4 is 5.78 Å². The second kappa shape index (κ2) is 6.35. The molecule has 1 spiro atoms. The second-order valence-electron chi connectivity index (χ2n) is 7.00. The van der Waals surface area contributed by atoms with Gasteiger partial charge in [0.25, 0.3) is 0 Å². The topological polar surface area (TPSA) is 44.8 Å². The van der Waals surface area contributed by atoms with Crippen LogP contribution in [0.4, 0.5) is 0 Å². The minimum Gasteiger partial charge on any atom is -0.378 e. The Morgan fingerprint density at radius 2 is 1.86 bits per heavy atom. The standard InChI is InChI=1S/C17H28O4/c1-19-17(7-4-2-3-5-8-17)15(18)14-6-10-21-16(12-14)9-11-20-13-16/h14H,2-13H2,1H3. The molecule has 2 heterocycles. The molecule has 0 radical (unpaired) electrons. The molecule has 2 atom stereocenters. The first-order chi connectivity index (χ1) is 10.2. The summed E-state index contributed by atoms with van der Waals surface area (Å²) in [5.74, 6) is 0.417. The Hall–Kier alpha value is -0.450. The zero-order chi connectivity index (χ0) is 14.8. The van der Waals surface area contributed by atoms with E-state index < -0.39 is 5.60 Å². The van der Waals surface area contributed by atoms with Gasteiger partial charge in [-0.15, -0.1) is 0 Å². The Bertz CT molecular complexity index is 365. The molecule has 2 aliphatic heterocycles. The van der Waals surface area contributed by atoms with Crippen LogP contribution in [0.15, 0.2) is 0 Å². The van der Waals surface area contributed by atoms with Crippen molar-refractivity contribution in [2.24, 2.45) is 5.92 Å². The van der Waals surface area contributed by atoms with Crippen LogP contribution in [-0.4, -0.2) is 43.9 Å². The Morgan fingerprint density at radius 1 is 1.10 bits per heavy atom. The molecule has 4 nitrogen and oxygen atoms in total. The van der Waals surface area contributed by atoms with E-state index in [4.69, 9.17) is 14.2 Å². The number of Topliss-reactive ketones (excluding diaryl/α,β-unsaturated/α-hetero) is 1. The largest absolute Gasteiger partial charge is 0.378 e. The van der Waals surface area contributed by atoms with Gasteiger partial charge in [-0.05, 0) is 25.7 Å². The van der Waals surface area contributed by atoms with Crippen molar-refractivity contribution in [2.75, 3.05) is 26.9 Å². The summed E-state index contributed by atoms with van der Waals surface area (Å²) in [6, 6.07) is 0. The van der Waals surface area contributed by atoms with E-state index in [1.807, 2.05) is 0 Å². The fraction of sp³-hybridized carbons (Fsp3) is 0.941. The lowest BCUT2D eigenvalue weighted by Gasteiger charge is -2.40. The average molecular weight is 296 g/mol. The lowest BCUT2D eigenvalue weighted by Crippen LogP contribution is -2.50. The lowest BCUT2D eigenvalue weighted by atomic mass is 9.75. The first-order valence-corrected chi connectivity index (χ1v) is 8.51. The molecule has 21 heavy (non-hydrogen) atoms. The first kappa shape index (κ1) is 15.4. The minimum atomic E-state index is -0.529. The summed E-state index contributed by atoms with van der Waals surface area (Å²) < 4.78 is 17.3. The van der Waals surface area contributed by atoms with Gasteiger partial charge in [0.1, 0.15) is 5.60 Å². The van der Waals surface area contributed by atoms with Crippen LogP contribution >= 0.6 is 0 Å². The molecule has 0 aromatic heterocycles. The molecule has 120 valence electrons. The van der Waals surface area contributed by atoms with Crippen LogP contribution in [0.1, 0.15) is 57.8 Å². The summed E-state index contributed by atoms with van der Waals surface area (Å²) in [6.07, 6.45) is 9.04. The lowest BCUT2D eigenvalue weighted by molar-refractivity contribution is -0.158. The van der Waals surface area contributed by atoms with Crippen LogP contribution in [0.2, 0.25) is 0 Å². The number of methoxy groups -OCH3 is 1. The average Bonchev–Trinajstić information content (AvgIpc) is 2.82. The first-order valence-electron chi connectivity index (χ1n) is 8.51. The molecule has 4 heteroatoms. The van der Waals surface area contributed by atoms with Crippen LogP contribution in [0, 0.1) is 5.92 Å². The molecule has 3 aliphatic rings. The molecule has 2 unspecified atom stereocenters. The van der Waals surface area contributed by atoms with Crippen molar-refractivity contribution in [2.45, 2.75) is 69.0 Å². The van der Waals surface area contributed by atoms with Gasteiger partial charge >= 0.3 is 0 Å². The van der Waals surface area contributed by atoms with Crippen LogP contribution < -0.4 is 0 Å². The summed E-state index contributed by atoms with van der Waals surface area (Å²) >= 11 is 0. The maximum Gasteiger partial charge on any atom is 0.167 e. The minimum absolute atomic E-state index is 0.0819. The van der Waals surface area contributed by atoms with Gasteiger partial charge in [0, 0.05) is 32.7 Å². The van der Waals surface area contributed by atoms with E-state index in [0.29, 0.717) is 19.0 Å². The molecule has 0 amide bonds. The third-order valence-corrected chi connectivity index (χ3v) is 5.68. The van der Waals surface area contributed by atoms with E-state index in [0.717, 1.165) is 51.6 Å². The highest BCUT2D eigenvalue weighted by Crippen LogP contribution is 2.40. The number of hydrogen-bond donors (Lipinski definition) is 0. The predicted octanol–water partition coefficient (Wildman–Crippen LogP) is 2.88. The third kappa shape index (κ3) is 3.03. The molecule has 1 aliphatic carbocycles. The molecule has 3 rings (SSSR count). The number of carbonyl (C=O) groups is 1. The van der Waals surface area contributed by atoms with Crippen molar-refractivity contribution < 1.29 is 19.0 Å². The Kier molecular flexibility index (Phi) is 4.67. The number of hydrogen-bond acceptors (Lipinski definition) is 4. The summed E-state index contributed by atoms with van der Waals surface area (Å²) in [4.78, 5) is 13.2. The van der Waals surface area contributed by atoms with Crippen LogP contribution in [0.3, 0.4) is 0 Å². The summed E-state index contributed by atoms with van der Waals surface area (Å²) in [5, 5.41) is 0. The highest BCUT2D eigenvalue weighted by Gasteiger charge is 2.48. The van der Waals surface area contributed by atoms with Gasteiger partial charge in [-0.3, -0.25) is 4.79 Å². The van der Waals surface area contributed by atoms with E-state index in [9.17, 15) is 4.79 Å². The van der Waals surface area contributed by atoms with Crippen molar-refractivity contribution in [3.63, 3.8) is 0 Å². The highest BCUT2D eigenvalue weighted by atomic mass is 16.6. The van der Waals surface area contributed by atoms with Gasteiger partial charge in [0.15, 0.2) is 5.78 Å². The molecule has 3 fully saturated rings. The van der Waals surface area contributed by atoms with Crippen LogP contribution in [0.25, 0.3) is 0 Å². The van der Waals surface area contributed by atoms with E-state index in [-0.39, 0.29) is 11.5 Å². The van der Waals surface area contributed by atoms with Crippen molar-refractivity contribution in [1.29, 1.82) is 0 Å². The monoisotopic (exact) mass is 296 g/mol. The highest BCUT2D eigenvalue weighted by molar-refractivity contribution is 5.89. The summed E-state index contributed by atoms with van der Waals surface area (Å²) in [5.41, 5.74) is -0.725. The van der Waals surface area contributed by atoms with Crippen molar-refractivity contribution in [1.82, 2.24) is 0 Å². The second-order valence-corrected chi connectivity index (χ2v) is 7.00. The number of carbonyl (C=O) groups excluding carboxylic acids is 1. The van der Waals surface area contributed by atoms with Gasteiger partial charge in [-0.2, -0.15) is 0 Å². The quantitative estimate of drug-likeness (QED) is 0.751. The Balaban J connectivity index is 1.73. The van der Waals surface area contributed by atoms with Gasteiger partial charge in [0.2, 0.25) is 0 Å². The maximum absolute atomic E-state index is 13.2. The number of ether oxygens (including phenoxy) is 3. The van der Waals surface area contributed by atoms with Gasteiger partial charge < -0.3 is 14.2 Å². The molecule has 0 aromatic carbocycles. The van der Waals surface area contributed by atoms with E-state index >= 15 is 0 Å². The van der Waals surface area contributed by atoms with Gasteiger partial charge in [-0.1, -0.05) is 25.7 Å². The van der Waals surface area contributed by atoms with E-state index in [2.05, 4.69) is 0 Å². The predicted molar refractivity (Wildman–Crippen MR) is 79.3 cm³/mol. The fourth-order valence-corrected chi connectivity index (χ4v) is 4.34. The SMILES string of the molecule is COC1(C(=O)C2CCOC3(CCOC3)C2)CCCCCC1. The molecule has 2 saturated heterocycles. The zero-order valence-corrected chi connectivity index (χ0v) is 13.2. The Labute approximate surface area is 127 Å². The van der Waals surface area contributed by atoms with Crippen molar-refractivity contribution in [3.8, 4) is 0 Å². The Morgan fingerprint density at radius 3 is 2.48 bits per heavy atom. The summed E-state index contributed by atoms with van der Waals surface area (Å²) in [7, 11) is 1.72. The molecular formula is C17H28O4. The van der Waals surface area contributed by atoms with Crippen molar-refractivity contribution in [3.05, 3.63) is 0 Å². The fourth-order valence-electron chi connectivity index (χ4n) is 4.34. The number of rotatable bonds is 3. The molecule has 1 saturated carbocycles. The summed E-state index contributed by atoms with van der Waals surface area (Å²) in [6.45, 7) is 2.09. The number of ketones is 1. The normalized spacial score (nSPS) is 36.5. The van der Waals surface area contributed by atoms with Crippen LogP contribution in [0.5, 0.6) is 0 Å². The molecular weight excluding hydrogens is 268 g/mol. The third-order valence-electron chi connectivity index (χ3n) is 5.68. The maximum atomic E-state index is 13.2.